The number of ether oxygens (including phenoxy) is 2. The van der Waals surface area contributed by atoms with E-state index in [9.17, 15) is 9.90 Å². The summed E-state index contributed by atoms with van der Waals surface area (Å²) in [6.45, 7) is 0. The second kappa shape index (κ2) is 6.66. The molecule has 0 fully saturated rings. The summed E-state index contributed by atoms with van der Waals surface area (Å²) >= 11 is 0. The summed E-state index contributed by atoms with van der Waals surface area (Å²) in [7, 11) is 0. The zero-order valence-corrected chi connectivity index (χ0v) is 12.2. The standard InChI is InChI=1S/C19H14O4/c20-15-12-10-14(11-13-15)19(21)23-18-9-5-4-8-17(18)22-16-6-2-1-3-7-16/h1-13,20H. The van der Waals surface area contributed by atoms with Crippen molar-refractivity contribution in [1.82, 2.24) is 0 Å². The number of phenols is 1. The van der Waals surface area contributed by atoms with Gasteiger partial charge in [-0.05, 0) is 48.5 Å². The molecule has 0 spiro atoms. The van der Waals surface area contributed by atoms with Crippen molar-refractivity contribution >= 4 is 5.97 Å². The molecule has 0 aliphatic heterocycles. The summed E-state index contributed by atoms with van der Waals surface area (Å²) in [6, 6.07) is 22.1. The second-order valence-electron chi connectivity index (χ2n) is 4.80. The molecule has 0 aromatic heterocycles. The first-order valence-electron chi connectivity index (χ1n) is 7.05. The van der Waals surface area contributed by atoms with Gasteiger partial charge in [0.1, 0.15) is 11.5 Å². The molecule has 0 aliphatic carbocycles. The number of aromatic hydroxyl groups is 1. The molecule has 0 radical (unpaired) electrons. The molecule has 4 heteroatoms. The SMILES string of the molecule is O=C(Oc1ccccc1Oc1ccccc1)c1ccc(O)cc1. The topological polar surface area (TPSA) is 55.8 Å². The molecular weight excluding hydrogens is 292 g/mol. The molecule has 0 aliphatic rings. The van der Waals surface area contributed by atoms with Crippen LogP contribution in [0.25, 0.3) is 0 Å². The Labute approximate surface area is 133 Å². The van der Waals surface area contributed by atoms with E-state index in [1.54, 1.807) is 24.3 Å². The Morgan fingerprint density at radius 2 is 1.35 bits per heavy atom. The highest BCUT2D eigenvalue weighted by atomic mass is 16.6. The predicted molar refractivity (Wildman–Crippen MR) is 86.0 cm³/mol. The highest BCUT2D eigenvalue weighted by Gasteiger charge is 2.12. The lowest BCUT2D eigenvalue weighted by molar-refractivity contribution is 0.0730. The molecule has 0 saturated heterocycles. The average molecular weight is 306 g/mol. The molecule has 114 valence electrons. The molecule has 23 heavy (non-hydrogen) atoms. The first kappa shape index (κ1) is 14.7. The van der Waals surface area contributed by atoms with Gasteiger partial charge in [0.05, 0.1) is 5.56 Å². The first-order chi connectivity index (χ1) is 11.2. The van der Waals surface area contributed by atoms with Crippen molar-refractivity contribution in [3.8, 4) is 23.0 Å². The second-order valence-corrected chi connectivity index (χ2v) is 4.80. The minimum absolute atomic E-state index is 0.0920. The van der Waals surface area contributed by atoms with Crippen LogP contribution >= 0.6 is 0 Å². The van der Waals surface area contributed by atoms with Gasteiger partial charge in [0, 0.05) is 0 Å². The average Bonchev–Trinajstić information content (AvgIpc) is 2.58. The van der Waals surface area contributed by atoms with Crippen molar-refractivity contribution in [2.75, 3.05) is 0 Å². The van der Waals surface area contributed by atoms with Gasteiger partial charge in [-0.2, -0.15) is 0 Å². The number of esters is 1. The zero-order valence-electron chi connectivity index (χ0n) is 12.2. The number of benzene rings is 3. The van der Waals surface area contributed by atoms with Gasteiger partial charge >= 0.3 is 5.97 Å². The largest absolute Gasteiger partial charge is 0.508 e. The molecule has 1 N–H and O–H groups in total. The maximum atomic E-state index is 12.2. The fourth-order valence-electron chi connectivity index (χ4n) is 1.99. The van der Waals surface area contributed by atoms with Gasteiger partial charge in [-0.15, -0.1) is 0 Å². The predicted octanol–water partition coefficient (Wildman–Crippen LogP) is 4.40. The van der Waals surface area contributed by atoms with Crippen molar-refractivity contribution in [3.63, 3.8) is 0 Å². The van der Waals surface area contributed by atoms with E-state index in [1.165, 1.54) is 24.3 Å². The maximum absolute atomic E-state index is 12.2. The van der Waals surface area contributed by atoms with Crippen molar-refractivity contribution in [2.24, 2.45) is 0 Å². The number of hydrogen-bond acceptors (Lipinski definition) is 4. The van der Waals surface area contributed by atoms with Crippen LogP contribution in [-0.2, 0) is 0 Å². The van der Waals surface area contributed by atoms with E-state index in [4.69, 9.17) is 9.47 Å². The van der Waals surface area contributed by atoms with Crippen LogP contribution in [0.5, 0.6) is 23.0 Å². The number of carbonyl (C=O) groups is 1. The number of phenolic OH excluding ortho intramolecular Hbond substituents is 1. The number of para-hydroxylation sites is 3. The van der Waals surface area contributed by atoms with Crippen molar-refractivity contribution < 1.29 is 19.4 Å². The van der Waals surface area contributed by atoms with Crippen LogP contribution in [0.2, 0.25) is 0 Å². The summed E-state index contributed by atoms with van der Waals surface area (Å²) in [5.41, 5.74) is 0.345. The number of rotatable bonds is 4. The van der Waals surface area contributed by atoms with Crippen molar-refractivity contribution in [2.45, 2.75) is 0 Å². The van der Waals surface area contributed by atoms with Gasteiger partial charge in [-0.25, -0.2) is 4.79 Å². The number of carbonyl (C=O) groups excluding carboxylic acids is 1. The third kappa shape index (κ3) is 3.68. The molecule has 3 aromatic carbocycles. The van der Waals surface area contributed by atoms with Gasteiger partial charge in [0.25, 0.3) is 0 Å². The van der Waals surface area contributed by atoms with E-state index >= 15 is 0 Å². The third-order valence-corrected chi connectivity index (χ3v) is 3.13. The minimum Gasteiger partial charge on any atom is -0.508 e. The van der Waals surface area contributed by atoms with E-state index in [-0.39, 0.29) is 5.75 Å². The molecule has 0 atom stereocenters. The van der Waals surface area contributed by atoms with E-state index in [1.807, 2.05) is 30.3 Å². The molecular formula is C19H14O4. The fourth-order valence-corrected chi connectivity index (χ4v) is 1.99. The molecule has 0 amide bonds. The van der Waals surface area contributed by atoms with E-state index in [2.05, 4.69) is 0 Å². The molecule has 4 nitrogen and oxygen atoms in total. The van der Waals surface area contributed by atoms with Crippen LogP contribution in [0.4, 0.5) is 0 Å². The highest BCUT2D eigenvalue weighted by molar-refractivity contribution is 5.91. The van der Waals surface area contributed by atoms with E-state index in [0.29, 0.717) is 22.8 Å². The molecule has 0 heterocycles. The summed E-state index contributed by atoms with van der Waals surface area (Å²) in [4.78, 5) is 12.2. The van der Waals surface area contributed by atoms with E-state index < -0.39 is 5.97 Å². The first-order valence-corrected chi connectivity index (χ1v) is 7.05. The van der Waals surface area contributed by atoms with Crippen LogP contribution in [0.15, 0.2) is 78.9 Å². The lowest BCUT2D eigenvalue weighted by Crippen LogP contribution is -2.08. The van der Waals surface area contributed by atoms with Crippen LogP contribution in [0.1, 0.15) is 10.4 Å². The Morgan fingerprint density at radius 3 is 2.04 bits per heavy atom. The summed E-state index contributed by atoms with van der Waals surface area (Å²) in [5, 5.41) is 9.26. The van der Waals surface area contributed by atoms with Gasteiger partial charge in [-0.3, -0.25) is 0 Å². The Kier molecular flexibility index (Phi) is 4.25. The van der Waals surface area contributed by atoms with Crippen LogP contribution in [-0.4, -0.2) is 11.1 Å². The zero-order chi connectivity index (χ0) is 16.1. The Balaban J connectivity index is 1.80. The molecule has 0 unspecified atom stereocenters. The Hall–Kier alpha value is -3.27. The molecule has 3 aromatic rings. The fraction of sp³-hybridized carbons (Fsp3) is 0. The van der Waals surface area contributed by atoms with Crippen molar-refractivity contribution in [3.05, 3.63) is 84.4 Å². The molecule has 0 saturated carbocycles. The Bertz CT molecular complexity index is 795. The summed E-state index contributed by atoms with van der Waals surface area (Å²) in [5.74, 6) is 1.00. The molecule has 3 rings (SSSR count). The summed E-state index contributed by atoms with van der Waals surface area (Å²) in [6.07, 6.45) is 0. The van der Waals surface area contributed by atoms with Gasteiger partial charge in [-0.1, -0.05) is 30.3 Å². The Morgan fingerprint density at radius 1 is 0.739 bits per heavy atom. The highest BCUT2D eigenvalue weighted by Crippen LogP contribution is 2.31. The lowest BCUT2D eigenvalue weighted by Gasteiger charge is -2.11. The normalized spacial score (nSPS) is 10.1. The molecule has 0 bridgehead atoms. The number of hydrogen-bond donors (Lipinski definition) is 1. The van der Waals surface area contributed by atoms with E-state index in [0.717, 1.165) is 0 Å². The monoisotopic (exact) mass is 306 g/mol. The van der Waals surface area contributed by atoms with Gasteiger partial charge in [0.15, 0.2) is 11.5 Å². The quantitative estimate of drug-likeness (QED) is 0.573. The maximum Gasteiger partial charge on any atom is 0.343 e. The van der Waals surface area contributed by atoms with Gasteiger partial charge in [0.2, 0.25) is 0 Å². The van der Waals surface area contributed by atoms with Crippen LogP contribution in [0.3, 0.4) is 0 Å². The lowest BCUT2D eigenvalue weighted by atomic mass is 10.2. The summed E-state index contributed by atoms with van der Waals surface area (Å²) < 4.78 is 11.1. The van der Waals surface area contributed by atoms with Crippen LogP contribution < -0.4 is 9.47 Å². The van der Waals surface area contributed by atoms with Crippen molar-refractivity contribution in [1.29, 1.82) is 0 Å². The minimum atomic E-state index is -0.519. The smallest absolute Gasteiger partial charge is 0.343 e. The van der Waals surface area contributed by atoms with Crippen LogP contribution in [0, 0.1) is 0 Å². The van der Waals surface area contributed by atoms with Gasteiger partial charge < -0.3 is 14.6 Å². The third-order valence-electron chi connectivity index (χ3n) is 3.13.